The molecule has 20 heavy (non-hydrogen) atoms. The molecule has 0 amide bonds. The molecule has 7 nitrogen and oxygen atoms in total. The quantitative estimate of drug-likeness (QED) is 0.738. The number of ether oxygens (including phenoxy) is 2. The van der Waals surface area contributed by atoms with Gasteiger partial charge in [-0.3, -0.25) is 9.59 Å². The second-order valence-corrected chi connectivity index (χ2v) is 4.79. The maximum Gasteiger partial charge on any atom is 0.310 e. The van der Waals surface area contributed by atoms with Crippen LogP contribution in [-0.2, 0) is 27.1 Å². The fourth-order valence-corrected chi connectivity index (χ4v) is 2.21. The van der Waals surface area contributed by atoms with Crippen LogP contribution in [0.1, 0.15) is 24.7 Å². The first-order valence-electron chi connectivity index (χ1n) is 6.71. The summed E-state index contributed by atoms with van der Waals surface area (Å²) in [6.45, 7) is 3.39. The van der Waals surface area contributed by atoms with Crippen LogP contribution in [0.3, 0.4) is 0 Å². The van der Waals surface area contributed by atoms with E-state index >= 15 is 0 Å². The van der Waals surface area contributed by atoms with Gasteiger partial charge in [0, 0.05) is 19.6 Å². The van der Waals surface area contributed by atoms with E-state index in [4.69, 9.17) is 15.2 Å². The molecule has 1 aliphatic rings. The molecule has 1 aromatic rings. The number of aromatic amines is 1. The molecule has 0 bridgehead atoms. The first kappa shape index (κ1) is 14.5. The number of hydrogen-bond acceptors (Lipinski definition) is 6. The van der Waals surface area contributed by atoms with Gasteiger partial charge in [-0.05, 0) is 19.3 Å². The average molecular weight is 281 g/mol. The van der Waals surface area contributed by atoms with Crippen LogP contribution >= 0.6 is 0 Å². The Morgan fingerprint density at radius 1 is 1.60 bits per heavy atom. The van der Waals surface area contributed by atoms with E-state index in [1.165, 1.54) is 0 Å². The molecule has 7 heteroatoms. The number of nitrogen functional groups attached to an aromatic ring is 1. The number of nitrogens with zero attached hydrogens (tertiary/aromatic N) is 1. The van der Waals surface area contributed by atoms with Crippen LogP contribution in [0.5, 0.6) is 0 Å². The topological polar surface area (TPSA) is 107 Å². The first-order chi connectivity index (χ1) is 9.60. The van der Waals surface area contributed by atoms with Gasteiger partial charge in [-0.15, -0.1) is 0 Å². The molecule has 3 N–H and O–H groups in total. The number of nitrogens with two attached hydrogens (primary N) is 1. The summed E-state index contributed by atoms with van der Waals surface area (Å²) in [6.07, 6.45) is 1.42. The minimum Gasteiger partial charge on any atom is -0.466 e. The van der Waals surface area contributed by atoms with E-state index in [1.54, 1.807) is 6.92 Å². The molecule has 110 valence electrons. The van der Waals surface area contributed by atoms with E-state index in [0.717, 1.165) is 13.0 Å². The standard InChI is InChI=1S/C13H19N3O4/c1-2-20-11(17)6-9-12(14)15-10(16-13(9)18)5-8-3-4-19-7-8/h8H,2-7H2,1H3,(H3,14,15,16,18). The van der Waals surface area contributed by atoms with Gasteiger partial charge in [-0.1, -0.05) is 0 Å². The van der Waals surface area contributed by atoms with Gasteiger partial charge in [0.05, 0.1) is 18.6 Å². The molecule has 0 aliphatic carbocycles. The fourth-order valence-electron chi connectivity index (χ4n) is 2.21. The molecule has 0 saturated carbocycles. The highest BCUT2D eigenvalue weighted by Crippen LogP contribution is 2.16. The second-order valence-electron chi connectivity index (χ2n) is 4.79. The van der Waals surface area contributed by atoms with Crippen molar-refractivity contribution in [3.63, 3.8) is 0 Å². The van der Waals surface area contributed by atoms with E-state index in [1.807, 2.05) is 0 Å². The Morgan fingerprint density at radius 2 is 2.40 bits per heavy atom. The summed E-state index contributed by atoms with van der Waals surface area (Å²) < 4.78 is 10.1. The normalized spacial score (nSPS) is 18.1. The van der Waals surface area contributed by atoms with Gasteiger partial charge < -0.3 is 20.2 Å². The van der Waals surface area contributed by atoms with Crippen LogP contribution in [0.4, 0.5) is 5.82 Å². The third-order valence-electron chi connectivity index (χ3n) is 3.23. The van der Waals surface area contributed by atoms with Crippen LogP contribution in [0.2, 0.25) is 0 Å². The number of carbonyl (C=O) groups is 1. The molecular weight excluding hydrogens is 262 g/mol. The molecule has 2 rings (SSSR count). The molecule has 1 aromatic heterocycles. The number of nitrogens with one attached hydrogen (secondary N) is 1. The van der Waals surface area contributed by atoms with Crippen LogP contribution in [0.15, 0.2) is 4.79 Å². The Bertz CT molecular complexity index is 535. The number of hydrogen-bond donors (Lipinski definition) is 2. The maximum atomic E-state index is 12.0. The zero-order chi connectivity index (χ0) is 14.5. The van der Waals surface area contributed by atoms with Gasteiger partial charge in [-0.2, -0.15) is 0 Å². The van der Waals surface area contributed by atoms with Gasteiger partial charge in [0.2, 0.25) is 0 Å². The van der Waals surface area contributed by atoms with E-state index in [0.29, 0.717) is 24.8 Å². The zero-order valence-electron chi connectivity index (χ0n) is 11.5. The summed E-state index contributed by atoms with van der Waals surface area (Å²) in [5.41, 5.74) is 5.56. The van der Waals surface area contributed by atoms with Crippen molar-refractivity contribution in [2.24, 2.45) is 5.92 Å². The van der Waals surface area contributed by atoms with Crippen molar-refractivity contribution in [2.75, 3.05) is 25.6 Å². The van der Waals surface area contributed by atoms with Crippen molar-refractivity contribution in [1.29, 1.82) is 0 Å². The minimum atomic E-state index is -0.483. The average Bonchev–Trinajstić information content (AvgIpc) is 2.87. The molecule has 2 heterocycles. The molecule has 1 unspecified atom stereocenters. The largest absolute Gasteiger partial charge is 0.466 e. The highest BCUT2D eigenvalue weighted by Gasteiger charge is 2.19. The minimum absolute atomic E-state index is 0.0933. The Balaban J connectivity index is 2.11. The Hall–Kier alpha value is -1.89. The zero-order valence-corrected chi connectivity index (χ0v) is 11.5. The second kappa shape index (κ2) is 6.51. The molecule has 1 saturated heterocycles. The highest BCUT2D eigenvalue weighted by molar-refractivity contribution is 5.74. The van der Waals surface area contributed by atoms with Crippen molar-refractivity contribution in [3.05, 3.63) is 21.7 Å². The maximum absolute atomic E-state index is 12.0. The van der Waals surface area contributed by atoms with Crippen molar-refractivity contribution in [3.8, 4) is 0 Å². The first-order valence-corrected chi connectivity index (χ1v) is 6.71. The van der Waals surface area contributed by atoms with Crippen molar-refractivity contribution < 1.29 is 14.3 Å². The van der Waals surface area contributed by atoms with Crippen molar-refractivity contribution in [2.45, 2.75) is 26.2 Å². The number of H-pyrrole nitrogens is 1. The van der Waals surface area contributed by atoms with E-state index in [2.05, 4.69) is 9.97 Å². The Kier molecular flexibility index (Phi) is 4.73. The monoisotopic (exact) mass is 281 g/mol. The summed E-state index contributed by atoms with van der Waals surface area (Å²) in [5.74, 6) is 0.503. The van der Waals surface area contributed by atoms with Crippen LogP contribution in [0, 0.1) is 5.92 Å². The summed E-state index contributed by atoms with van der Waals surface area (Å²) in [6, 6.07) is 0. The molecule has 0 aromatic carbocycles. The van der Waals surface area contributed by atoms with Crippen LogP contribution < -0.4 is 11.3 Å². The molecule has 1 aliphatic heterocycles. The van der Waals surface area contributed by atoms with Gasteiger partial charge in [0.15, 0.2) is 0 Å². The lowest BCUT2D eigenvalue weighted by Gasteiger charge is -2.09. The van der Waals surface area contributed by atoms with Crippen molar-refractivity contribution in [1.82, 2.24) is 9.97 Å². The fraction of sp³-hybridized carbons (Fsp3) is 0.615. The smallest absolute Gasteiger partial charge is 0.310 e. The third kappa shape index (κ3) is 3.57. The molecule has 1 atom stereocenters. The number of aromatic nitrogens is 2. The van der Waals surface area contributed by atoms with Gasteiger partial charge in [-0.25, -0.2) is 4.98 Å². The van der Waals surface area contributed by atoms with E-state index < -0.39 is 5.97 Å². The van der Waals surface area contributed by atoms with E-state index in [9.17, 15) is 9.59 Å². The van der Waals surface area contributed by atoms with Crippen molar-refractivity contribution >= 4 is 11.8 Å². The number of rotatable bonds is 5. The van der Waals surface area contributed by atoms with Gasteiger partial charge in [0.1, 0.15) is 11.6 Å². The predicted octanol–water partition coefficient (Wildman–Crippen LogP) is 0.0367. The van der Waals surface area contributed by atoms with Gasteiger partial charge >= 0.3 is 5.97 Å². The molecule has 1 fully saturated rings. The SMILES string of the molecule is CCOC(=O)Cc1c(N)nc(CC2CCOC2)[nH]c1=O. The Morgan fingerprint density at radius 3 is 3.00 bits per heavy atom. The highest BCUT2D eigenvalue weighted by atomic mass is 16.5. The predicted molar refractivity (Wildman–Crippen MR) is 72.2 cm³/mol. The number of anilines is 1. The lowest BCUT2D eigenvalue weighted by atomic mass is 10.0. The lowest BCUT2D eigenvalue weighted by Crippen LogP contribution is -2.24. The molecule has 0 spiro atoms. The molecule has 0 radical (unpaired) electrons. The summed E-state index contributed by atoms with van der Waals surface area (Å²) >= 11 is 0. The van der Waals surface area contributed by atoms with Crippen LogP contribution in [0.25, 0.3) is 0 Å². The van der Waals surface area contributed by atoms with Crippen LogP contribution in [-0.4, -0.2) is 35.8 Å². The lowest BCUT2D eigenvalue weighted by molar-refractivity contribution is -0.142. The molecular formula is C13H19N3O4. The summed E-state index contributed by atoms with van der Waals surface area (Å²) in [4.78, 5) is 30.2. The summed E-state index contributed by atoms with van der Waals surface area (Å²) in [5, 5.41) is 0. The number of esters is 1. The third-order valence-corrected chi connectivity index (χ3v) is 3.23. The Labute approximate surface area is 116 Å². The van der Waals surface area contributed by atoms with E-state index in [-0.39, 0.29) is 30.0 Å². The van der Waals surface area contributed by atoms with Gasteiger partial charge in [0.25, 0.3) is 5.56 Å². The summed E-state index contributed by atoms with van der Waals surface area (Å²) in [7, 11) is 0. The number of carbonyl (C=O) groups excluding carboxylic acids is 1.